The van der Waals surface area contributed by atoms with Crippen molar-refractivity contribution < 1.29 is 4.79 Å². The summed E-state index contributed by atoms with van der Waals surface area (Å²) < 4.78 is 2.07. The number of imidazole rings is 1. The molecule has 2 aromatic heterocycles. The molecule has 1 N–H and O–H groups in total. The van der Waals surface area contributed by atoms with Gasteiger partial charge in [0, 0.05) is 25.5 Å². The van der Waals surface area contributed by atoms with E-state index in [-0.39, 0.29) is 11.9 Å². The summed E-state index contributed by atoms with van der Waals surface area (Å²) in [7, 11) is 2.07. The molecule has 0 radical (unpaired) electrons. The van der Waals surface area contributed by atoms with Gasteiger partial charge in [-0.2, -0.15) is 0 Å². The van der Waals surface area contributed by atoms with Gasteiger partial charge in [-0.05, 0) is 26.1 Å². The number of hydrogen-bond acceptors (Lipinski definition) is 4. The van der Waals surface area contributed by atoms with E-state index in [1.165, 1.54) is 0 Å². The fraction of sp³-hybridized carbons (Fsp3) is 0.400. The Morgan fingerprint density at radius 1 is 1.43 bits per heavy atom. The standard InChI is InChI=1S/C15H19N5O/c1-11-14-18-13(10-20(14)8-7-19(11)2)15(21)17-9-12-5-3-4-6-16-12/h3-6,10-11H,7-9H2,1-2H3,(H,17,21). The number of carbonyl (C=O) groups is 1. The third kappa shape index (κ3) is 2.80. The number of rotatable bonds is 3. The van der Waals surface area contributed by atoms with Crippen molar-refractivity contribution in [2.24, 2.45) is 0 Å². The van der Waals surface area contributed by atoms with E-state index in [1.807, 2.05) is 24.4 Å². The van der Waals surface area contributed by atoms with E-state index in [0.29, 0.717) is 12.2 Å². The molecule has 1 atom stereocenters. The molecule has 0 saturated carbocycles. The summed E-state index contributed by atoms with van der Waals surface area (Å²) in [6.45, 7) is 4.36. The van der Waals surface area contributed by atoms with E-state index >= 15 is 0 Å². The number of likely N-dealkylation sites (N-methyl/N-ethyl adjacent to an activating group) is 1. The Morgan fingerprint density at radius 3 is 3.05 bits per heavy atom. The smallest absolute Gasteiger partial charge is 0.271 e. The van der Waals surface area contributed by atoms with E-state index in [4.69, 9.17) is 0 Å². The number of aromatic nitrogens is 3. The van der Waals surface area contributed by atoms with Crippen LogP contribution in [0.2, 0.25) is 0 Å². The topological polar surface area (TPSA) is 63.1 Å². The minimum atomic E-state index is -0.155. The Kier molecular flexibility index (Phi) is 3.70. The molecule has 6 heteroatoms. The number of fused-ring (bicyclic) bond motifs is 1. The van der Waals surface area contributed by atoms with Crippen molar-refractivity contribution >= 4 is 5.91 Å². The summed E-state index contributed by atoms with van der Waals surface area (Å²) >= 11 is 0. The number of amides is 1. The number of hydrogen-bond donors (Lipinski definition) is 1. The van der Waals surface area contributed by atoms with Gasteiger partial charge in [0.2, 0.25) is 0 Å². The number of pyridine rings is 1. The summed E-state index contributed by atoms with van der Waals surface area (Å²) in [6.07, 6.45) is 3.56. The quantitative estimate of drug-likeness (QED) is 0.921. The largest absolute Gasteiger partial charge is 0.345 e. The highest BCUT2D eigenvalue weighted by molar-refractivity contribution is 5.92. The molecule has 3 rings (SSSR count). The molecule has 0 fully saturated rings. The highest BCUT2D eigenvalue weighted by Crippen LogP contribution is 2.22. The van der Waals surface area contributed by atoms with Gasteiger partial charge in [0.1, 0.15) is 11.5 Å². The molecule has 1 amide bonds. The van der Waals surface area contributed by atoms with Crippen molar-refractivity contribution in [2.45, 2.75) is 26.1 Å². The highest BCUT2D eigenvalue weighted by Gasteiger charge is 2.24. The van der Waals surface area contributed by atoms with Crippen LogP contribution in [0.25, 0.3) is 0 Å². The monoisotopic (exact) mass is 285 g/mol. The molecule has 6 nitrogen and oxygen atoms in total. The van der Waals surface area contributed by atoms with Gasteiger partial charge in [0.15, 0.2) is 0 Å². The maximum absolute atomic E-state index is 12.2. The summed E-state index contributed by atoms with van der Waals surface area (Å²) in [5.41, 5.74) is 1.31. The van der Waals surface area contributed by atoms with Gasteiger partial charge < -0.3 is 9.88 Å². The van der Waals surface area contributed by atoms with Crippen LogP contribution >= 0.6 is 0 Å². The van der Waals surface area contributed by atoms with Crippen LogP contribution in [0.5, 0.6) is 0 Å². The molecule has 0 aliphatic carbocycles. The summed E-state index contributed by atoms with van der Waals surface area (Å²) in [4.78, 5) is 23.1. The molecule has 1 unspecified atom stereocenters. The van der Waals surface area contributed by atoms with Gasteiger partial charge >= 0.3 is 0 Å². The highest BCUT2D eigenvalue weighted by atomic mass is 16.1. The van der Waals surface area contributed by atoms with Crippen LogP contribution < -0.4 is 5.32 Å². The van der Waals surface area contributed by atoms with Crippen LogP contribution in [0.3, 0.4) is 0 Å². The van der Waals surface area contributed by atoms with E-state index in [2.05, 4.69) is 38.7 Å². The van der Waals surface area contributed by atoms with Crippen molar-refractivity contribution in [1.82, 2.24) is 24.8 Å². The molecule has 1 aliphatic heterocycles. The van der Waals surface area contributed by atoms with Crippen LogP contribution in [0.15, 0.2) is 30.6 Å². The maximum Gasteiger partial charge on any atom is 0.271 e. The van der Waals surface area contributed by atoms with Crippen molar-refractivity contribution in [3.8, 4) is 0 Å². The first kappa shape index (κ1) is 13.8. The number of nitrogens with one attached hydrogen (secondary N) is 1. The maximum atomic E-state index is 12.2. The summed E-state index contributed by atoms with van der Waals surface area (Å²) in [5, 5.41) is 2.86. The van der Waals surface area contributed by atoms with E-state index in [1.54, 1.807) is 6.20 Å². The Bertz CT molecular complexity index is 637. The first-order valence-electron chi connectivity index (χ1n) is 7.10. The van der Waals surface area contributed by atoms with Gasteiger partial charge in [-0.25, -0.2) is 4.98 Å². The average molecular weight is 285 g/mol. The molecule has 110 valence electrons. The fourth-order valence-electron chi connectivity index (χ4n) is 2.47. The zero-order valence-electron chi connectivity index (χ0n) is 12.3. The lowest BCUT2D eigenvalue weighted by atomic mass is 10.2. The van der Waals surface area contributed by atoms with Crippen molar-refractivity contribution in [1.29, 1.82) is 0 Å². The predicted octanol–water partition coefficient (Wildman–Crippen LogP) is 1.21. The summed E-state index contributed by atoms with van der Waals surface area (Å²) in [6, 6.07) is 5.87. The minimum absolute atomic E-state index is 0.155. The second-order valence-corrected chi connectivity index (χ2v) is 5.34. The molecule has 3 heterocycles. The van der Waals surface area contributed by atoms with Crippen LogP contribution in [-0.4, -0.2) is 38.9 Å². The van der Waals surface area contributed by atoms with Gasteiger partial charge in [0.05, 0.1) is 18.3 Å². The number of carbonyl (C=O) groups excluding carboxylic acids is 1. The third-order valence-electron chi connectivity index (χ3n) is 3.92. The Hall–Kier alpha value is -2.21. The lowest BCUT2D eigenvalue weighted by molar-refractivity contribution is 0.0945. The third-order valence-corrected chi connectivity index (χ3v) is 3.92. The molecular formula is C15H19N5O. The van der Waals surface area contributed by atoms with E-state index in [9.17, 15) is 4.79 Å². The SMILES string of the molecule is CC1c2nc(C(=O)NCc3ccccn3)cn2CCN1C. The first-order chi connectivity index (χ1) is 10.1. The lowest BCUT2D eigenvalue weighted by Crippen LogP contribution is -2.33. The van der Waals surface area contributed by atoms with Crippen molar-refractivity contribution in [2.75, 3.05) is 13.6 Å². The molecule has 0 bridgehead atoms. The first-order valence-corrected chi connectivity index (χ1v) is 7.10. The Labute approximate surface area is 123 Å². The Morgan fingerprint density at radius 2 is 2.29 bits per heavy atom. The molecule has 0 spiro atoms. The predicted molar refractivity (Wildman–Crippen MR) is 78.7 cm³/mol. The van der Waals surface area contributed by atoms with Gasteiger partial charge in [0.25, 0.3) is 5.91 Å². The fourth-order valence-corrected chi connectivity index (χ4v) is 2.47. The van der Waals surface area contributed by atoms with Crippen molar-refractivity contribution in [3.63, 3.8) is 0 Å². The van der Waals surface area contributed by atoms with E-state index in [0.717, 1.165) is 24.6 Å². The molecule has 2 aromatic rings. The molecule has 1 aliphatic rings. The molecule has 21 heavy (non-hydrogen) atoms. The zero-order chi connectivity index (χ0) is 14.8. The summed E-state index contributed by atoms with van der Waals surface area (Å²) in [5.74, 6) is 0.796. The van der Waals surface area contributed by atoms with Gasteiger partial charge in [-0.1, -0.05) is 6.07 Å². The van der Waals surface area contributed by atoms with Crippen LogP contribution in [0.1, 0.15) is 35.0 Å². The van der Waals surface area contributed by atoms with Crippen LogP contribution in [0, 0.1) is 0 Å². The molecule has 0 aromatic carbocycles. The Balaban J connectivity index is 1.70. The second kappa shape index (κ2) is 5.65. The lowest BCUT2D eigenvalue weighted by Gasteiger charge is -2.29. The van der Waals surface area contributed by atoms with Gasteiger partial charge in [-0.15, -0.1) is 0 Å². The van der Waals surface area contributed by atoms with E-state index < -0.39 is 0 Å². The van der Waals surface area contributed by atoms with Gasteiger partial charge in [-0.3, -0.25) is 14.7 Å². The molecular weight excluding hydrogens is 266 g/mol. The second-order valence-electron chi connectivity index (χ2n) is 5.34. The van der Waals surface area contributed by atoms with Crippen molar-refractivity contribution in [3.05, 3.63) is 47.8 Å². The van der Waals surface area contributed by atoms with Crippen LogP contribution in [-0.2, 0) is 13.1 Å². The minimum Gasteiger partial charge on any atom is -0.345 e. The number of nitrogens with zero attached hydrogens (tertiary/aromatic N) is 4. The van der Waals surface area contributed by atoms with Crippen LogP contribution in [0.4, 0.5) is 0 Å². The average Bonchev–Trinajstić information content (AvgIpc) is 2.95. The normalized spacial score (nSPS) is 18.3. The zero-order valence-corrected chi connectivity index (χ0v) is 12.3. The molecule has 0 saturated heterocycles.